The molecule has 0 N–H and O–H groups in total. The Hall–Kier alpha value is -2.10. The van der Waals surface area contributed by atoms with E-state index in [9.17, 15) is 4.79 Å². The van der Waals surface area contributed by atoms with Crippen LogP contribution in [0.5, 0.6) is 0 Å². The molecule has 0 spiro atoms. The minimum Gasteiger partial charge on any atom is -0.460 e. The molecule has 1 aromatic heterocycles. The van der Waals surface area contributed by atoms with Gasteiger partial charge in [0, 0.05) is 11.5 Å². The highest BCUT2D eigenvalue weighted by atomic mass is 16.5. The van der Waals surface area contributed by atoms with Gasteiger partial charge in [-0.25, -0.2) is 9.78 Å². The average molecular weight is 285 g/mol. The van der Waals surface area contributed by atoms with Gasteiger partial charge in [0.05, 0.1) is 12.3 Å². The summed E-state index contributed by atoms with van der Waals surface area (Å²) in [5.74, 6) is 0.737. The van der Waals surface area contributed by atoms with Gasteiger partial charge in [0.1, 0.15) is 0 Å². The third-order valence-electron chi connectivity index (χ3n) is 3.71. The second-order valence-corrected chi connectivity index (χ2v) is 5.24. The van der Waals surface area contributed by atoms with E-state index in [0.29, 0.717) is 18.4 Å². The van der Waals surface area contributed by atoms with Gasteiger partial charge in [-0.15, -0.1) is 0 Å². The lowest BCUT2D eigenvalue weighted by atomic mass is 10.1. The molecular weight excluding hydrogens is 266 g/mol. The van der Waals surface area contributed by atoms with Gasteiger partial charge in [-0.2, -0.15) is 0 Å². The number of nitrogens with zero attached hydrogens (tertiary/aromatic N) is 1. The van der Waals surface area contributed by atoms with Crippen molar-refractivity contribution in [1.82, 2.24) is 4.98 Å². The lowest BCUT2D eigenvalue weighted by molar-refractivity contribution is 0.0489. The highest BCUT2D eigenvalue weighted by Crippen LogP contribution is 2.42. The van der Waals surface area contributed by atoms with E-state index in [1.165, 1.54) is 0 Å². The van der Waals surface area contributed by atoms with E-state index in [1.807, 2.05) is 18.2 Å². The van der Waals surface area contributed by atoms with E-state index in [0.717, 1.165) is 36.1 Å². The van der Waals surface area contributed by atoms with E-state index in [1.54, 1.807) is 6.92 Å². The Kier molecular flexibility index (Phi) is 3.78. The molecule has 3 rings (SSSR count). The summed E-state index contributed by atoms with van der Waals surface area (Å²) >= 11 is 0. The van der Waals surface area contributed by atoms with Crippen LogP contribution in [-0.2, 0) is 11.2 Å². The molecule has 1 heterocycles. The van der Waals surface area contributed by atoms with Crippen LogP contribution in [0.2, 0.25) is 0 Å². The second kappa shape index (κ2) is 5.72. The van der Waals surface area contributed by atoms with Crippen LogP contribution in [0.1, 0.15) is 54.4 Å². The number of esters is 1. The monoisotopic (exact) mass is 285 g/mol. The van der Waals surface area contributed by atoms with E-state index in [-0.39, 0.29) is 5.76 Å². The molecule has 0 amide bonds. The van der Waals surface area contributed by atoms with Crippen LogP contribution in [0, 0.1) is 0 Å². The summed E-state index contributed by atoms with van der Waals surface area (Å²) in [4.78, 5) is 16.6. The number of benzene rings is 1. The van der Waals surface area contributed by atoms with Crippen LogP contribution in [0.15, 0.2) is 28.7 Å². The molecule has 0 unspecified atom stereocenters. The Labute approximate surface area is 124 Å². The zero-order valence-corrected chi connectivity index (χ0v) is 12.4. The molecule has 21 heavy (non-hydrogen) atoms. The molecule has 4 heteroatoms. The second-order valence-electron chi connectivity index (χ2n) is 5.24. The molecule has 110 valence electrons. The minimum atomic E-state index is -0.410. The Balaban J connectivity index is 2.04. The largest absolute Gasteiger partial charge is 0.460 e. The van der Waals surface area contributed by atoms with Gasteiger partial charge in [0.25, 0.3) is 0 Å². The molecule has 2 aromatic rings. The van der Waals surface area contributed by atoms with Gasteiger partial charge in [0.2, 0.25) is 11.7 Å². The van der Waals surface area contributed by atoms with Crippen LogP contribution < -0.4 is 0 Å². The van der Waals surface area contributed by atoms with Crippen LogP contribution in [-0.4, -0.2) is 17.6 Å². The normalized spacial score (nSPS) is 14.2. The fraction of sp³-hybridized carbons (Fsp3) is 0.412. The van der Waals surface area contributed by atoms with Gasteiger partial charge in [-0.1, -0.05) is 25.1 Å². The first-order chi connectivity index (χ1) is 10.2. The highest BCUT2D eigenvalue weighted by molar-refractivity contribution is 5.88. The maximum absolute atomic E-state index is 12.0. The fourth-order valence-electron chi connectivity index (χ4n) is 2.46. The number of hydrogen-bond donors (Lipinski definition) is 0. The Bertz CT molecular complexity index is 656. The van der Waals surface area contributed by atoms with Crippen molar-refractivity contribution < 1.29 is 13.9 Å². The third-order valence-corrected chi connectivity index (χ3v) is 3.71. The maximum Gasteiger partial charge on any atom is 0.376 e. The summed E-state index contributed by atoms with van der Waals surface area (Å²) in [5, 5.41) is 0. The van der Waals surface area contributed by atoms with Crippen molar-refractivity contribution in [2.75, 3.05) is 6.61 Å². The lowest BCUT2D eigenvalue weighted by Gasteiger charge is -2.02. The van der Waals surface area contributed by atoms with E-state index < -0.39 is 5.97 Å². The van der Waals surface area contributed by atoms with Crippen molar-refractivity contribution in [3.05, 3.63) is 41.3 Å². The van der Waals surface area contributed by atoms with Crippen LogP contribution in [0.4, 0.5) is 0 Å². The lowest BCUT2D eigenvalue weighted by Crippen LogP contribution is -2.05. The molecular formula is C17H19NO3. The third kappa shape index (κ3) is 2.71. The first-order valence-corrected chi connectivity index (χ1v) is 7.50. The summed E-state index contributed by atoms with van der Waals surface area (Å²) in [7, 11) is 0. The molecule has 0 bridgehead atoms. The van der Waals surface area contributed by atoms with Gasteiger partial charge in [-0.3, -0.25) is 0 Å². The first-order valence-electron chi connectivity index (χ1n) is 7.50. The SMILES string of the molecule is CCOC(=O)c1oc(-c2ccccc2CC)nc1C1CC1. The predicted octanol–water partition coefficient (Wildman–Crippen LogP) is 3.96. The summed E-state index contributed by atoms with van der Waals surface area (Å²) in [6, 6.07) is 8.00. The Morgan fingerprint density at radius 1 is 1.33 bits per heavy atom. The number of carbonyl (C=O) groups is 1. The van der Waals surface area contributed by atoms with Crippen molar-refractivity contribution >= 4 is 5.97 Å². The van der Waals surface area contributed by atoms with Crippen molar-refractivity contribution in [3.63, 3.8) is 0 Å². The van der Waals surface area contributed by atoms with Crippen LogP contribution in [0.25, 0.3) is 11.5 Å². The zero-order chi connectivity index (χ0) is 14.8. The number of rotatable bonds is 5. The number of ether oxygens (including phenoxy) is 1. The van der Waals surface area contributed by atoms with Gasteiger partial charge in [-0.05, 0) is 37.8 Å². The zero-order valence-electron chi connectivity index (χ0n) is 12.4. The van der Waals surface area contributed by atoms with Crippen molar-refractivity contribution in [1.29, 1.82) is 0 Å². The molecule has 0 saturated heterocycles. The van der Waals surface area contributed by atoms with E-state index in [4.69, 9.17) is 9.15 Å². The molecule has 0 atom stereocenters. The molecule has 1 saturated carbocycles. The molecule has 1 aromatic carbocycles. The van der Waals surface area contributed by atoms with Crippen LogP contribution in [0.3, 0.4) is 0 Å². The number of oxazole rings is 1. The average Bonchev–Trinajstić information content (AvgIpc) is 3.26. The van der Waals surface area contributed by atoms with Gasteiger partial charge < -0.3 is 9.15 Å². The quantitative estimate of drug-likeness (QED) is 0.780. The number of aromatic nitrogens is 1. The smallest absolute Gasteiger partial charge is 0.376 e. The number of aryl methyl sites for hydroxylation is 1. The van der Waals surface area contributed by atoms with Gasteiger partial charge >= 0.3 is 5.97 Å². The molecule has 0 radical (unpaired) electrons. The Morgan fingerprint density at radius 3 is 2.76 bits per heavy atom. The predicted molar refractivity (Wildman–Crippen MR) is 79.2 cm³/mol. The maximum atomic E-state index is 12.0. The highest BCUT2D eigenvalue weighted by Gasteiger charge is 2.34. The van der Waals surface area contributed by atoms with Gasteiger partial charge in [0.15, 0.2) is 0 Å². The van der Waals surface area contributed by atoms with Crippen LogP contribution >= 0.6 is 0 Å². The molecule has 1 aliphatic carbocycles. The van der Waals surface area contributed by atoms with E-state index in [2.05, 4.69) is 18.0 Å². The Morgan fingerprint density at radius 2 is 2.10 bits per heavy atom. The summed E-state index contributed by atoms with van der Waals surface area (Å²) < 4.78 is 10.9. The first kappa shape index (κ1) is 13.9. The minimum absolute atomic E-state index is 0.278. The fourth-order valence-corrected chi connectivity index (χ4v) is 2.46. The summed E-state index contributed by atoms with van der Waals surface area (Å²) in [5.41, 5.74) is 2.88. The molecule has 0 aliphatic heterocycles. The molecule has 4 nitrogen and oxygen atoms in total. The number of hydrogen-bond acceptors (Lipinski definition) is 4. The topological polar surface area (TPSA) is 52.3 Å². The van der Waals surface area contributed by atoms with Crippen molar-refractivity contribution in [2.45, 2.75) is 39.0 Å². The number of carbonyl (C=O) groups excluding carboxylic acids is 1. The summed E-state index contributed by atoms with van der Waals surface area (Å²) in [6.45, 7) is 4.22. The van der Waals surface area contributed by atoms with Crippen molar-refractivity contribution in [3.8, 4) is 11.5 Å². The summed E-state index contributed by atoms with van der Waals surface area (Å²) in [6.07, 6.45) is 3.02. The molecule has 1 aliphatic rings. The molecule has 1 fully saturated rings. The van der Waals surface area contributed by atoms with Crippen molar-refractivity contribution in [2.24, 2.45) is 0 Å². The standard InChI is InChI=1S/C17H19NO3/c1-3-11-7-5-6-8-13(11)16-18-14(12-9-10-12)15(21-16)17(19)20-4-2/h5-8,12H,3-4,9-10H2,1-2H3. The van der Waals surface area contributed by atoms with E-state index >= 15 is 0 Å².